The predicted molar refractivity (Wildman–Crippen MR) is 149 cm³/mol. The third kappa shape index (κ3) is 9.04. The third-order valence-electron chi connectivity index (χ3n) is 10.2. The lowest BCUT2D eigenvalue weighted by Crippen LogP contribution is -2.51. The average Bonchev–Trinajstić information content (AvgIpc) is 2.87. The molecule has 3 heteroatoms. The van der Waals surface area contributed by atoms with Gasteiger partial charge < -0.3 is 9.80 Å². The van der Waals surface area contributed by atoms with Crippen molar-refractivity contribution in [3.8, 4) is 0 Å². The second kappa shape index (κ2) is 15.6. The maximum absolute atomic E-state index is 13.6. The first-order chi connectivity index (χ1) is 17.3. The van der Waals surface area contributed by atoms with Crippen LogP contribution in [0.2, 0.25) is 0 Å². The van der Waals surface area contributed by atoms with Gasteiger partial charge in [-0.25, -0.2) is 0 Å². The van der Waals surface area contributed by atoms with Gasteiger partial charge in [-0.05, 0) is 69.4 Å². The molecule has 5 aliphatic heterocycles. The van der Waals surface area contributed by atoms with Gasteiger partial charge in [0, 0.05) is 25.6 Å². The molecular formula is C32H58N2O. The Hall–Kier alpha value is -0.570. The van der Waals surface area contributed by atoms with E-state index in [1.54, 1.807) is 0 Å². The minimum Gasteiger partial charge on any atom is -0.342 e. The maximum atomic E-state index is 13.6. The summed E-state index contributed by atoms with van der Waals surface area (Å²) < 4.78 is 0. The van der Waals surface area contributed by atoms with Gasteiger partial charge >= 0.3 is 0 Å². The topological polar surface area (TPSA) is 23.6 Å². The lowest BCUT2D eigenvalue weighted by Gasteiger charge is -2.47. The first-order valence-corrected chi connectivity index (χ1v) is 16.3. The highest BCUT2D eigenvalue weighted by molar-refractivity contribution is 5.79. The second-order valence-corrected chi connectivity index (χ2v) is 12.9. The molecule has 5 atom stereocenters. The summed E-state index contributed by atoms with van der Waals surface area (Å²) in [7, 11) is 0. The molecule has 5 aliphatic rings. The zero-order valence-electron chi connectivity index (χ0n) is 23.2. The summed E-state index contributed by atoms with van der Waals surface area (Å²) in [5.41, 5.74) is 0. The van der Waals surface area contributed by atoms with Crippen molar-refractivity contribution in [1.29, 1.82) is 0 Å². The standard InChI is InChI=1S/C32H58N2O/c35-32-28-19-15-11-7-4-6-9-13-17-22-33-24-21-31-29(26-33)20-16-12-8-3-1-2-5-10-14-18-23-34(32)27-30(31)25-28/h28-31H,1-27H2/t28-,29+,30+,31-/m1/s1. The molecule has 0 aromatic heterocycles. The molecule has 0 saturated carbocycles. The predicted octanol–water partition coefficient (Wildman–Crippen LogP) is 8.22. The van der Waals surface area contributed by atoms with Gasteiger partial charge in [0.05, 0.1) is 0 Å². The third-order valence-corrected chi connectivity index (χ3v) is 10.2. The Bertz CT molecular complexity index is 574. The zero-order valence-corrected chi connectivity index (χ0v) is 23.2. The molecule has 5 saturated heterocycles. The average molecular weight is 487 g/mol. The molecule has 0 aromatic carbocycles. The van der Waals surface area contributed by atoms with Gasteiger partial charge in [0.1, 0.15) is 0 Å². The van der Waals surface area contributed by atoms with Crippen LogP contribution in [0.5, 0.6) is 0 Å². The van der Waals surface area contributed by atoms with E-state index in [2.05, 4.69) is 9.80 Å². The molecule has 5 fully saturated rings. The molecule has 0 N–H and O–H groups in total. The maximum Gasteiger partial charge on any atom is 0.225 e. The minimum atomic E-state index is 0.324. The number of fused-ring (bicyclic) bond motifs is 11. The highest BCUT2D eigenvalue weighted by atomic mass is 16.2. The summed E-state index contributed by atoms with van der Waals surface area (Å²) in [4.78, 5) is 18.8. The summed E-state index contributed by atoms with van der Waals surface area (Å²) in [5.74, 6) is 3.35. The van der Waals surface area contributed by atoms with Crippen LogP contribution in [-0.2, 0) is 4.79 Å². The first kappa shape index (κ1) is 27.5. The van der Waals surface area contributed by atoms with Gasteiger partial charge in [0.15, 0.2) is 0 Å². The summed E-state index contributed by atoms with van der Waals surface area (Å²) in [6, 6.07) is 0. The number of hydrogen-bond donors (Lipinski definition) is 0. The Morgan fingerprint density at radius 1 is 0.486 bits per heavy atom. The van der Waals surface area contributed by atoms with E-state index in [-0.39, 0.29) is 0 Å². The van der Waals surface area contributed by atoms with Crippen molar-refractivity contribution in [3.63, 3.8) is 0 Å². The van der Waals surface area contributed by atoms with Crippen molar-refractivity contribution in [3.05, 3.63) is 0 Å². The highest BCUT2D eigenvalue weighted by Crippen LogP contribution is 2.41. The van der Waals surface area contributed by atoms with Crippen LogP contribution in [0.4, 0.5) is 0 Å². The summed E-state index contributed by atoms with van der Waals surface area (Å²) in [6.45, 7) is 6.11. The molecule has 1 unspecified atom stereocenters. The van der Waals surface area contributed by atoms with Gasteiger partial charge in [-0.3, -0.25) is 4.79 Å². The Morgan fingerprint density at radius 2 is 1.03 bits per heavy atom. The van der Waals surface area contributed by atoms with E-state index < -0.39 is 0 Å². The quantitative estimate of drug-likeness (QED) is 0.344. The van der Waals surface area contributed by atoms with E-state index in [9.17, 15) is 4.79 Å². The summed E-state index contributed by atoms with van der Waals surface area (Å²) in [5, 5.41) is 0. The highest BCUT2D eigenvalue weighted by Gasteiger charge is 2.41. The number of nitrogens with zero attached hydrogens (tertiary/aromatic N) is 2. The van der Waals surface area contributed by atoms with Crippen LogP contribution in [0.1, 0.15) is 141 Å². The normalized spacial score (nSPS) is 36.1. The van der Waals surface area contributed by atoms with Crippen LogP contribution < -0.4 is 0 Å². The van der Waals surface area contributed by atoms with E-state index >= 15 is 0 Å². The van der Waals surface area contributed by atoms with Crippen LogP contribution >= 0.6 is 0 Å². The Labute approximate surface area is 218 Å². The van der Waals surface area contributed by atoms with Crippen molar-refractivity contribution >= 4 is 5.91 Å². The van der Waals surface area contributed by atoms with Gasteiger partial charge in [0.25, 0.3) is 0 Å². The molecule has 202 valence electrons. The molecule has 1 amide bonds. The molecule has 0 radical (unpaired) electrons. The number of carbonyl (C=O) groups excluding carboxylic acids is 1. The molecule has 5 rings (SSSR count). The fraction of sp³-hybridized carbons (Fsp3) is 0.969. The lowest BCUT2D eigenvalue weighted by molar-refractivity contribution is -0.142. The molecule has 0 aromatic rings. The van der Waals surface area contributed by atoms with Crippen molar-refractivity contribution in [1.82, 2.24) is 9.80 Å². The Morgan fingerprint density at radius 3 is 1.69 bits per heavy atom. The number of rotatable bonds is 0. The van der Waals surface area contributed by atoms with Crippen molar-refractivity contribution in [2.45, 2.75) is 141 Å². The van der Waals surface area contributed by atoms with E-state index in [1.807, 2.05) is 0 Å². The van der Waals surface area contributed by atoms with Crippen LogP contribution in [0.3, 0.4) is 0 Å². The number of amides is 1. The molecule has 0 spiro atoms. The SMILES string of the molecule is O=C1[C@@H]2CCCCCCCCCCN3CC[C@@H]4[C@@H](CCCCCCCCCCCCN1C[C@@H]4C2)C3. The summed E-state index contributed by atoms with van der Waals surface area (Å²) >= 11 is 0. The van der Waals surface area contributed by atoms with Gasteiger partial charge in [0.2, 0.25) is 5.91 Å². The van der Waals surface area contributed by atoms with Crippen molar-refractivity contribution in [2.75, 3.05) is 32.7 Å². The lowest BCUT2D eigenvalue weighted by atomic mass is 9.69. The number of hydrogen-bond acceptors (Lipinski definition) is 2. The number of carbonyl (C=O) groups is 1. The van der Waals surface area contributed by atoms with Crippen molar-refractivity contribution in [2.24, 2.45) is 23.7 Å². The molecule has 35 heavy (non-hydrogen) atoms. The molecular weight excluding hydrogens is 428 g/mol. The monoisotopic (exact) mass is 486 g/mol. The van der Waals surface area contributed by atoms with Gasteiger partial charge in [-0.1, -0.05) is 103 Å². The molecule has 5 heterocycles. The van der Waals surface area contributed by atoms with Gasteiger partial charge in [-0.15, -0.1) is 0 Å². The van der Waals surface area contributed by atoms with Crippen molar-refractivity contribution < 1.29 is 4.79 Å². The van der Waals surface area contributed by atoms with E-state index in [4.69, 9.17) is 0 Å². The van der Waals surface area contributed by atoms with E-state index in [0.717, 1.165) is 37.3 Å². The van der Waals surface area contributed by atoms with Crippen LogP contribution in [0.25, 0.3) is 0 Å². The summed E-state index contributed by atoms with van der Waals surface area (Å²) in [6.07, 6.45) is 30.3. The minimum absolute atomic E-state index is 0.324. The number of piperidine rings is 2. The Kier molecular flexibility index (Phi) is 12.3. The fourth-order valence-corrected chi connectivity index (χ4v) is 8.09. The fourth-order valence-electron chi connectivity index (χ4n) is 8.09. The van der Waals surface area contributed by atoms with E-state index in [1.165, 1.54) is 154 Å². The first-order valence-electron chi connectivity index (χ1n) is 16.3. The largest absolute Gasteiger partial charge is 0.342 e. The second-order valence-electron chi connectivity index (χ2n) is 12.9. The van der Waals surface area contributed by atoms with E-state index in [0.29, 0.717) is 11.8 Å². The molecule has 3 nitrogen and oxygen atoms in total. The van der Waals surface area contributed by atoms with Crippen LogP contribution in [0.15, 0.2) is 0 Å². The van der Waals surface area contributed by atoms with Crippen LogP contribution in [-0.4, -0.2) is 48.4 Å². The smallest absolute Gasteiger partial charge is 0.225 e. The Balaban J connectivity index is 1.48. The molecule has 6 bridgehead atoms. The van der Waals surface area contributed by atoms with Crippen LogP contribution in [0, 0.1) is 23.7 Å². The zero-order chi connectivity index (χ0) is 24.1. The molecule has 0 aliphatic carbocycles. The van der Waals surface area contributed by atoms with Gasteiger partial charge in [-0.2, -0.15) is 0 Å².